The van der Waals surface area contributed by atoms with Crippen molar-refractivity contribution in [2.24, 2.45) is 0 Å². The van der Waals surface area contributed by atoms with Crippen LogP contribution in [-0.2, 0) is 12.2 Å². The number of rotatable bonds is 7. The molecule has 0 aliphatic rings. The molecule has 0 spiro atoms. The summed E-state index contributed by atoms with van der Waals surface area (Å²) >= 11 is 1.29. The summed E-state index contributed by atoms with van der Waals surface area (Å²) < 4.78 is 32.9. The Hall–Kier alpha value is -2.47. The van der Waals surface area contributed by atoms with Crippen molar-refractivity contribution in [2.45, 2.75) is 44.0 Å². The summed E-state index contributed by atoms with van der Waals surface area (Å²) in [6.45, 7) is 6.17. The predicted molar refractivity (Wildman–Crippen MR) is 108 cm³/mol. The van der Waals surface area contributed by atoms with Gasteiger partial charge >= 0.3 is 0 Å². The molecule has 0 aliphatic carbocycles. The second-order valence-electron chi connectivity index (χ2n) is 6.70. The second-order valence-corrected chi connectivity index (χ2v) is 7.64. The lowest BCUT2D eigenvalue weighted by Gasteiger charge is -2.11. The molecular formula is C22H22F2N2OS. The molecule has 0 saturated heterocycles. The Labute approximate surface area is 168 Å². The zero-order valence-corrected chi connectivity index (χ0v) is 16.9. The van der Waals surface area contributed by atoms with E-state index in [2.05, 4.69) is 16.9 Å². The Bertz CT molecular complexity index is 963. The number of halogens is 2. The van der Waals surface area contributed by atoms with Crippen LogP contribution in [0.2, 0.25) is 0 Å². The average Bonchev–Trinajstić information content (AvgIpc) is 2.67. The summed E-state index contributed by atoms with van der Waals surface area (Å²) in [5, 5.41) is 0.497. The fourth-order valence-electron chi connectivity index (χ4n) is 2.56. The van der Waals surface area contributed by atoms with Gasteiger partial charge in [-0.3, -0.25) is 0 Å². The van der Waals surface area contributed by atoms with Crippen molar-refractivity contribution in [3.05, 3.63) is 77.0 Å². The van der Waals surface area contributed by atoms with Crippen LogP contribution in [0.1, 0.15) is 43.5 Å². The molecule has 0 bridgehead atoms. The monoisotopic (exact) mass is 400 g/mol. The van der Waals surface area contributed by atoms with Crippen LogP contribution in [0.25, 0.3) is 0 Å². The Balaban J connectivity index is 1.82. The lowest BCUT2D eigenvalue weighted by Crippen LogP contribution is -2.00. The first-order valence-corrected chi connectivity index (χ1v) is 10.2. The van der Waals surface area contributed by atoms with Gasteiger partial charge in [0.15, 0.2) is 5.16 Å². The van der Waals surface area contributed by atoms with Gasteiger partial charge in [-0.25, -0.2) is 13.8 Å². The van der Waals surface area contributed by atoms with E-state index in [9.17, 15) is 8.78 Å². The van der Waals surface area contributed by atoms with Crippen LogP contribution >= 0.6 is 11.8 Å². The highest BCUT2D eigenvalue weighted by Crippen LogP contribution is 2.28. The highest BCUT2D eigenvalue weighted by molar-refractivity contribution is 7.98. The molecule has 6 heteroatoms. The smallest absolute Gasteiger partial charge is 0.223 e. The number of hydrogen-bond donors (Lipinski definition) is 0. The Morgan fingerprint density at radius 3 is 2.57 bits per heavy atom. The number of benzene rings is 2. The van der Waals surface area contributed by atoms with E-state index in [4.69, 9.17) is 4.74 Å². The molecule has 0 aliphatic heterocycles. The van der Waals surface area contributed by atoms with E-state index < -0.39 is 11.6 Å². The fourth-order valence-corrected chi connectivity index (χ4v) is 3.41. The standard InChI is InChI=1S/C22H22F2N2OS/c1-4-15-6-5-7-18(10-15)27-21-12-20(14(2)3)25-22(26-21)28-13-16-8-9-17(23)11-19(16)24/h5-12,14H,4,13H2,1-3H3. The van der Waals surface area contributed by atoms with Gasteiger partial charge in [0.05, 0.1) is 5.69 Å². The van der Waals surface area contributed by atoms with Crippen molar-refractivity contribution < 1.29 is 13.5 Å². The molecule has 3 rings (SSSR count). The molecule has 0 radical (unpaired) electrons. The minimum Gasteiger partial charge on any atom is -0.439 e. The molecule has 28 heavy (non-hydrogen) atoms. The van der Waals surface area contributed by atoms with Gasteiger partial charge in [-0.15, -0.1) is 0 Å². The number of thioether (sulfide) groups is 1. The molecule has 0 saturated carbocycles. The maximum atomic E-state index is 13.9. The van der Waals surface area contributed by atoms with Gasteiger partial charge in [-0.05, 0) is 41.7 Å². The molecule has 1 aromatic heterocycles. The summed E-state index contributed by atoms with van der Waals surface area (Å²) in [5.41, 5.74) is 2.43. The maximum Gasteiger partial charge on any atom is 0.223 e. The van der Waals surface area contributed by atoms with Crippen molar-refractivity contribution in [2.75, 3.05) is 0 Å². The maximum absolute atomic E-state index is 13.9. The first-order chi connectivity index (χ1) is 13.4. The molecule has 1 heterocycles. The quantitative estimate of drug-likeness (QED) is 0.334. The first-order valence-electron chi connectivity index (χ1n) is 9.17. The summed E-state index contributed by atoms with van der Waals surface area (Å²) in [4.78, 5) is 9.01. The van der Waals surface area contributed by atoms with Crippen molar-refractivity contribution in [3.8, 4) is 11.6 Å². The van der Waals surface area contributed by atoms with E-state index in [-0.39, 0.29) is 5.92 Å². The normalized spacial score (nSPS) is 11.1. The van der Waals surface area contributed by atoms with Gasteiger partial charge in [0.25, 0.3) is 0 Å². The van der Waals surface area contributed by atoms with Gasteiger partial charge in [0.2, 0.25) is 5.88 Å². The highest BCUT2D eigenvalue weighted by atomic mass is 32.2. The second kappa shape index (κ2) is 9.15. The van der Waals surface area contributed by atoms with Gasteiger partial charge in [0, 0.05) is 17.9 Å². The van der Waals surface area contributed by atoms with Crippen molar-refractivity contribution in [3.63, 3.8) is 0 Å². The van der Waals surface area contributed by atoms with E-state index in [1.807, 2.05) is 44.2 Å². The van der Waals surface area contributed by atoms with E-state index in [1.165, 1.54) is 29.5 Å². The number of ether oxygens (including phenoxy) is 1. The lowest BCUT2D eigenvalue weighted by atomic mass is 10.1. The Morgan fingerprint density at radius 2 is 1.86 bits per heavy atom. The third kappa shape index (κ3) is 5.29. The predicted octanol–water partition coefficient (Wildman–Crippen LogP) is 6.53. The zero-order valence-electron chi connectivity index (χ0n) is 16.1. The number of aromatic nitrogens is 2. The molecule has 0 unspecified atom stereocenters. The van der Waals surface area contributed by atoms with Gasteiger partial charge < -0.3 is 4.74 Å². The third-order valence-corrected chi connectivity index (χ3v) is 5.09. The molecule has 0 atom stereocenters. The molecule has 0 amide bonds. The van der Waals surface area contributed by atoms with Gasteiger partial charge in [-0.1, -0.05) is 50.7 Å². The van der Waals surface area contributed by atoms with Crippen LogP contribution < -0.4 is 4.74 Å². The molecule has 146 valence electrons. The summed E-state index contributed by atoms with van der Waals surface area (Å²) in [6, 6.07) is 13.3. The minimum absolute atomic E-state index is 0.189. The highest BCUT2D eigenvalue weighted by Gasteiger charge is 2.12. The van der Waals surface area contributed by atoms with E-state index in [1.54, 1.807) is 0 Å². The molecule has 2 aromatic carbocycles. The van der Waals surface area contributed by atoms with Crippen LogP contribution in [0.4, 0.5) is 8.78 Å². The molecule has 0 N–H and O–H groups in total. The van der Waals surface area contributed by atoms with Crippen LogP contribution in [-0.4, -0.2) is 9.97 Å². The van der Waals surface area contributed by atoms with E-state index in [0.717, 1.165) is 18.2 Å². The van der Waals surface area contributed by atoms with Gasteiger partial charge in [0.1, 0.15) is 17.4 Å². The summed E-state index contributed by atoms with van der Waals surface area (Å²) in [5.74, 6) is 0.504. The SMILES string of the molecule is CCc1cccc(Oc2cc(C(C)C)nc(SCc3ccc(F)cc3F)n2)c1. The van der Waals surface area contributed by atoms with Crippen LogP contribution in [0, 0.1) is 11.6 Å². The lowest BCUT2D eigenvalue weighted by molar-refractivity contribution is 0.452. The van der Waals surface area contributed by atoms with Crippen LogP contribution in [0.3, 0.4) is 0 Å². The molecule has 3 nitrogen and oxygen atoms in total. The average molecular weight is 400 g/mol. The third-order valence-electron chi connectivity index (χ3n) is 4.19. The molecular weight excluding hydrogens is 378 g/mol. The van der Waals surface area contributed by atoms with E-state index >= 15 is 0 Å². The molecule has 3 aromatic rings. The largest absolute Gasteiger partial charge is 0.439 e. The summed E-state index contributed by atoms with van der Waals surface area (Å²) in [6.07, 6.45) is 0.919. The zero-order chi connectivity index (χ0) is 20.1. The van der Waals surface area contributed by atoms with Crippen molar-refractivity contribution in [1.29, 1.82) is 0 Å². The van der Waals surface area contributed by atoms with Crippen LogP contribution in [0.5, 0.6) is 11.6 Å². The summed E-state index contributed by atoms with van der Waals surface area (Å²) in [7, 11) is 0. The number of hydrogen-bond acceptors (Lipinski definition) is 4. The Kier molecular flexibility index (Phi) is 6.62. The number of nitrogens with zero attached hydrogens (tertiary/aromatic N) is 2. The van der Waals surface area contributed by atoms with Gasteiger partial charge in [-0.2, -0.15) is 4.98 Å². The fraction of sp³-hybridized carbons (Fsp3) is 0.273. The topological polar surface area (TPSA) is 35.0 Å². The first kappa shape index (κ1) is 20.3. The van der Waals surface area contributed by atoms with Crippen molar-refractivity contribution >= 4 is 11.8 Å². The van der Waals surface area contributed by atoms with E-state index in [0.29, 0.717) is 28.1 Å². The van der Waals surface area contributed by atoms with Crippen molar-refractivity contribution in [1.82, 2.24) is 9.97 Å². The van der Waals surface area contributed by atoms with Crippen LogP contribution in [0.15, 0.2) is 53.7 Å². The number of aryl methyl sites for hydroxylation is 1. The Morgan fingerprint density at radius 1 is 1.04 bits per heavy atom. The minimum atomic E-state index is -0.589. The molecule has 0 fully saturated rings.